The molecule has 1 aliphatic carbocycles. The predicted octanol–water partition coefficient (Wildman–Crippen LogP) is 4.57. The summed E-state index contributed by atoms with van der Waals surface area (Å²) < 4.78 is 7.49. The van der Waals surface area contributed by atoms with Gasteiger partial charge in [0.15, 0.2) is 5.76 Å². The minimum Gasteiger partial charge on any atom is -0.459 e. The molecular formula is C22H27N3O2. The average molecular weight is 365 g/mol. The number of amides is 1. The molecule has 2 aromatic heterocycles. The second kappa shape index (κ2) is 8.42. The number of rotatable bonds is 7. The van der Waals surface area contributed by atoms with Crippen LogP contribution in [0.1, 0.15) is 54.9 Å². The fraction of sp³-hybridized carbons (Fsp3) is 0.455. The number of nitrogens with one attached hydrogen (secondary N) is 1. The number of furan rings is 1. The van der Waals surface area contributed by atoms with Crippen LogP contribution >= 0.6 is 0 Å². The summed E-state index contributed by atoms with van der Waals surface area (Å²) in [4.78, 5) is 16.9. The van der Waals surface area contributed by atoms with E-state index in [0.717, 1.165) is 23.8 Å². The van der Waals surface area contributed by atoms with Gasteiger partial charge in [0.2, 0.25) is 0 Å². The van der Waals surface area contributed by atoms with E-state index in [1.54, 1.807) is 12.1 Å². The molecule has 1 aliphatic rings. The number of aryl methyl sites for hydroxylation is 1. The second-order valence-electron chi connectivity index (χ2n) is 7.44. The Labute approximate surface area is 159 Å². The third-order valence-electron chi connectivity index (χ3n) is 5.60. The first-order valence-corrected chi connectivity index (χ1v) is 10.1. The van der Waals surface area contributed by atoms with E-state index in [1.165, 1.54) is 50.3 Å². The summed E-state index contributed by atoms with van der Waals surface area (Å²) >= 11 is 0. The average Bonchev–Trinajstić information content (AvgIpc) is 3.35. The summed E-state index contributed by atoms with van der Waals surface area (Å²) in [6, 6.07) is 11.7. The van der Waals surface area contributed by atoms with Gasteiger partial charge in [0.05, 0.1) is 17.3 Å². The number of nitrogens with zero attached hydrogens (tertiary/aromatic N) is 2. The maximum Gasteiger partial charge on any atom is 0.286 e. The van der Waals surface area contributed by atoms with E-state index in [0.29, 0.717) is 18.7 Å². The van der Waals surface area contributed by atoms with Crippen LogP contribution in [0.15, 0.2) is 47.1 Å². The van der Waals surface area contributed by atoms with E-state index in [-0.39, 0.29) is 5.91 Å². The number of hydrogen-bond donors (Lipinski definition) is 1. The van der Waals surface area contributed by atoms with Gasteiger partial charge in [-0.15, -0.1) is 0 Å². The van der Waals surface area contributed by atoms with Crippen molar-refractivity contribution in [3.63, 3.8) is 0 Å². The number of para-hydroxylation sites is 2. The van der Waals surface area contributed by atoms with Crippen molar-refractivity contribution in [2.24, 2.45) is 5.92 Å². The van der Waals surface area contributed by atoms with Gasteiger partial charge in [0.25, 0.3) is 5.91 Å². The van der Waals surface area contributed by atoms with Gasteiger partial charge in [-0.3, -0.25) is 4.79 Å². The lowest BCUT2D eigenvalue weighted by Gasteiger charge is -2.22. The summed E-state index contributed by atoms with van der Waals surface area (Å²) in [5.41, 5.74) is 2.23. The maximum atomic E-state index is 12.1. The molecule has 1 amide bonds. The molecule has 1 fully saturated rings. The van der Waals surface area contributed by atoms with Crippen molar-refractivity contribution in [1.82, 2.24) is 14.9 Å². The van der Waals surface area contributed by atoms with E-state index in [4.69, 9.17) is 9.40 Å². The Balaban J connectivity index is 1.43. The molecule has 0 spiro atoms. The Hall–Kier alpha value is -2.56. The minimum atomic E-state index is -0.176. The monoisotopic (exact) mass is 365 g/mol. The van der Waals surface area contributed by atoms with Gasteiger partial charge in [-0.2, -0.15) is 0 Å². The SMILES string of the molecule is O=C(NCCc1nc2ccccc2n1CCC1CCCCC1)c1ccco1. The van der Waals surface area contributed by atoms with Crippen LogP contribution in [-0.2, 0) is 13.0 Å². The van der Waals surface area contributed by atoms with Crippen molar-refractivity contribution in [1.29, 1.82) is 0 Å². The highest BCUT2D eigenvalue weighted by Crippen LogP contribution is 2.27. The molecular weight excluding hydrogens is 338 g/mol. The standard InChI is InChI=1S/C22H27N3O2/c26-22(20-11-6-16-27-20)23-14-12-21-24-18-9-4-5-10-19(18)25(21)15-13-17-7-2-1-3-8-17/h4-6,9-11,16-17H,1-3,7-8,12-15H2,(H,23,26). The Morgan fingerprint density at radius 2 is 2.00 bits per heavy atom. The molecule has 1 saturated carbocycles. The van der Waals surface area contributed by atoms with Gasteiger partial charge in [-0.1, -0.05) is 44.2 Å². The van der Waals surface area contributed by atoms with Crippen molar-refractivity contribution in [3.8, 4) is 0 Å². The van der Waals surface area contributed by atoms with Gasteiger partial charge in [0.1, 0.15) is 5.82 Å². The topological polar surface area (TPSA) is 60.1 Å². The van der Waals surface area contributed by atoms with Gasteiger partial charge in [-0.25, -0.2) is 4.98 Å². The first-order chi connectivity index (χ1) is 13.3. The molecule has 0 aliphatic heterocycles. The molecule has 0 atom stereocenters. The van der Waals surface area contributed by atoms with Crippen molar-refractivity contribution in [2.75, 3.05) is 6.54 Å². The lowest BCUT2D eigenvalue weighted by molar-refractivity contribution is 0.0926. The number of benzene rings is 1. The van der Waals surface area contributed by atoms with Gasteiger partial charge in [-0.05, 0) is 36.6 Å². The molecule has 142 valence electrons. The van der Waals surface area contributed by atoms with Crippen LogP contribution in [0.2, 0.25) is 0 Å². The smallest absolute Gasteiger partial charge is 0.286 e. The number of hydrogen-bond acceptors (Lipinski definition) is 3. The lowest BCUT2D eigenvalue weighted by atomic mass is 9.87. The molecule has 0 bridgehead atoms. The number of carbonyl (C=O) groups excluding carboxylic acids is 1. The third kappa shape index (κ3) is 4.24. The van der Waals surface area contributed by atoms with Crippen molar-refractivity contribution in [2.45, 2.75) is 51.5 Å². The van der Waals surface area contributed by atoms with Gasteiger partial charge in [0, 0.05) is 19.5 Å². The fourth-order valence-corrected chi connectivity index (χ4v) is 4.14. The van der Waals surface area contributed by atoms with Crippen LogP contribution in [0.25, 0.3) is 11.0 Å². The quantitative estimate of drug-likeness (QED) is 0.667. The normalized spacial score (nSPS) is 15.3. The third-order valence-corrected chi connectivity index (χ3v) is 5.60. The summed E-state index contributed by atoms with van der Waals surface area (Å²) in [6.45, 7) is 1.55. The van der Waals surface area contributed by atoms with E-state index in [2.05, 4.69) is 28.1 Å². The van der Waals surface area contributed by atoms with E-state index >= 15 is 0 Å². The molecule has 27 heavy (non-hydrogen) atoms. The Morgan fingerprint density at radius 3 is 2.81 bits per heavy atom. The number of imidazole rings is 1. The summed E-state index contributed by atoms with van der Waals surface area (Å²) in [5.74, 6) is 2.06. The van der Waals surface area contributed by atoms with Crippen molar-refractivity contribution in [3.05, 3.63) is 54.2 Å². The minimum absolute atomic E-state index is 0.176. The second-order valence-corrected chi connectivity index (χ2v) is 7.44. The van der Waals surface area contributed by atoms with Gasteiger partial charge >= 0.3 is 0 Å². The Kier molecular flexibility index (Phi) is 5.56. The summed E-state index contributed by atoms with van der Waals surface area (Å²) in [5, 5.41) is 2.92. The van der Waals surface area contributed by atoms with E-state index < -0.39 is 0 Å². The molecule has 3 aromatic rings. The van der Waals surface area contributed by atoms with Crippen LogP contribution in [0.5, 0.6) is 0 Å². The zero-order valence-corrected chi connectivity index (χ0v) is 15.7. The van der Waals surface area contributed by atoms with E-state index in [1.807, 2.05) is 6.07 Å². The highest BCUT2D eigenvalue weighted by molar-refractivity contribution is 5.91. The first-order valence-electron chi connectivity index (χ1n) is 10.1. The number of carbonyl (C=O) groups is 1. The largest absolute Gasteiger partial charge is 0.459 e. The number of fused-ring (bicyclic) bond motifs is 1. The zero-order valence-electron chi connectivity index (χ0n) is 15.7. The molecule has 5 heteroatoms. The van der Waals surface area contributed by atoms with Crippen LogP contribution in [0.3, 0.4) is 0 Å². The highest BCUT2D eigenvalue weighted by atomic mass is 16.3. The lowest BCUT2D eigenvalue weighted by Crippen LogP contribution is -2.26. The summed E-state index contributed by atoms with van der Waals surface area (Å²) in [6.07, 6.45) is 10.3. The van der Waals surface area contributed by atoms with Crippen LogP contribution in [0.4, 0.5) is 0 Å². The fourth-order valence-electron chi connectivity index (χ4n) is 4.14. The molecule has 0 radical (unpaired) electrons. The first kappa shape index (κ1) is 17.8. The molecule has 5 nitrogen and oxygen atoms in total. The molecule has 4 rings (SSSR count). The maximum absolute atomic E-state index is 12.1. The zero-order chi connectivity index (χ0) is 18.5. The summed E-state index contributed by atoms with van der Waals surface area (Å²) in [7, 11) is 0. The Bertz CT molecular complexity index is 876. The van der Waals surface area contributed by atoms with Crippen LogP contribution in [0, 0.1) is 5.92 Å². The van der Waals surface area contributed by atoms with Crippen molar-refractivity contribution < 1.29 is 9.21 Å². The van der Waals surface area contributed by atoms with Crippen LogP contribution in [-0.4, -0.2) is 22.0 Å². The van der Waals surface area contributed by atoms with E-state index in [9.17, 15) is 4.79 Å². The molecule has 0 unspecified atom stereocenters. The van der Waals surface area contributed by atoms with Crippen molar-refractivity contribution >= 4 is 16.9 Å². The molecule has 1 aromatic carbocycles. The Morgan fingerprint density at radius 1 is 1.15 bits per heavy atom. The van der Waals surface area contributed by atoms with Gasteiger partial charge < -0.3 is 14.3 Å². The predicted molar refractivity (Wildman–Crippen MR) is 106 cm³/mol. The number of aromatic nitrogens is 2. The highest BCUT2D eigenvalue weighted by Gasteiger charge is 2.16. The van der Waals surface area contributed by atoms with Crippen LogP contribution < -0.4 is 5.32 Å². The molecule has 1 N–H and O–H groups in total. The molecule has 2 heterocycles. The molecule has 0 saturated heterocycles.